The highest BCUT2D eigenvalue weighted by Gasteiger charge is 2.04. The molecule has 2 aromatic carbocycles. The van der Waals surface area contributed by atoms with E-state index in [0.29, 0.717) is 11.3 Å². The highest BCUT2D eigenvalue weighted by molar-refractivity contribution is 9.10. The molecule has 0 radical (unpaired) electrons. The molecule has 0 atom stereocenters. The lowest BCUT2D eigenvalue weighted by Crippen LogP contribution is -2.21. The molecule has 106 valence electrons. The molecule has 0 aliphatic heterocycles. The average Bonchev–Trinajstić information content (AvgIpc) is 2.48. The summed E-state index contributed by atoms with van der Waals surface area (Å²) in [5.41, 5.74) is 3.14. The third-order valence-corrected chi connectivity index (χ3v) is 3.75. The van der Waals surface area contributed by atoms with Crippen LogP contribution in [0.3, 0.4) is 0 Å². The van der Waals surface area contributed by atoms with Gasteiger partial charge in [0.25, 0.3) is 0 Å². The predicted molar refractivity (Wildman–Crippen MR) is 87.2 cm³/mol. The van der Waals surface area contributed by atoms with Gasteiger partial charge in [0.1, 0.15) is 0 Å². The van der Waals surface area contributed by atoms with Crippen molar-refractivity contribution in [1.29, 1.82) is 5.26 Å². The number of nitrogens with zero attached hydrogens (tertiary/aromatic N) is 1. The van der Waals surface area contributed by atoms with Gasteiger partial charge in [-0.05, 0) is 42.8 Å². The number of benzene rings is 2. The summed E-state index contributed by atoms with van der Waals surface area (Å²) in [6, 6.07) is 14.7. The van der Waals surface area contributed by atoms with E-state index in [4.69, 9.17) is 5.26 Å². The fourth-order valence-corrected chi connectivity index (χ4v) is 2.14. The van der Waals surface area contributed by atoms with Crippen LogP contribution < -0.4 is 10.6 Å². The number of aryl methyl sites for hydroxylation is 1. The van der Waals surface area contributed by atoms with Crippen molar-refractivity contribution in [2.45, 2.75) is 6.92 Å². The van der Waals surface area contributed by atoms with Crippen molar-refractivity contribution in [3.63, 3.8) is 0 Å². The van der Waals surface area contributed by atoms with Crippen LogP contribution in [-0.4, -0.2) is 12.5 Å². The number of carbonyl (C=O) groups excluding carboxylic acids is 1. The predicted octanol–water partition coefficient (Wildman–Crippen LogP) is 3.68. The zero-order valence-corrected chi connectivity index (χ0v) is 13.1. The Labute approximate surface area is 131 Å². The Balaban J connectivity index is 1.92. The molecular formula is C16H14BrN3O. The molecule has 0 aliphatic rings. The molecule has 0 fully saturated rings. The lowest BCUT2D eigenvalue weighted by atomic mass is 10.2. The number of nitriles is 1. The van der Waals surface area contributed by atoms with Crippen LogP contribution in [0.4, 0.5) is 11.4 Å². The third-order valence-electron chi connectivity index (χ3n) is 2.90. The molecule has 0 saturated heterocycles. The number of hydrogen-bond donors (Lipinski definition) is 2. The van der Waals surface area contributed by atoms with E-state index in [9.17, 15) is 4.79 Å². The standard InChI is InChI=1S/C16H14BrN3O/c1-11-5-6-13(8-15(11)17)19-10-16(21)20-14-4-2-3-12(7-14)9-18/h2-8,19H,10H2,1H3,(H,20,21). The minimum Gasteiger partial charge on any atom is -0.376 e. The number of hydrogen-bond acceptors (Lipinski definition) is 3. The Morgan fingerprint density at radius 1 is 1.24 bits per heavy atom. The minimum atomic E-state index is -0.165. The van der Waals surface area contributed by atoms with Gasteiger partial charge in [0.15, 0.2) is 0 Å². The summed E-state index contributed by atoms with van der Waals surface area (Å²) in [4.78, 5) is 11.9. The lowest BCUT2D eigenvalue weighted by Gasteiger charge is -2.09. The van der Waals surface area contributed by atoms with E-state index in [1.807, 2.05) is 31.2 Å². The van der Waals surface area contributed by atoms with Gasteiger partial charge in [0.05, 0.1) is 18.2 Å². The van der Waals surface area contributed by atoms with Crippen molar-refractivity contribution in [3.8, 4) is 6.07 Å². The second-order valence-corrected chi connectivity index (χ2v) is 5.41. The first-order chi connectivity index (χ1) is 10.1. The van der Waals surface area contributed by atoms with E-state index in [-0.39, 0.29) is 12.5 Å². The van der Waals surface area contributed by atoms with Crippen molar-refractivity contribution >= 4 is 33.2 Å². The van der Waals surface area contributed by atoms with Crippen LogP contribution in [0.15, 0.2) is 46.9 Å². The molecule has 1 amide bonds. The van der Waals surface area contributed by atoms with Gasteiger partial charge < -0.3 is 10.6 Å². The van der Waals surface area contributed by atoms with E-state index >= 15 is 0 Å². The third kappa shape index (κ3) is 4.33. The maximum atomic E-state index is 11.9. The van der Waals surface area contributed by atoms with Gasteiger partial charge in [-0.2, -0.15) is 5.26 Å². The number of rotatable bonds is 4. The maximum Gasteiger partial charge on any atom is 0.243 e. The average molecular weight is 344 g/mol. The first-order valence-electron chi connectivity index (χ1n) is 6.38. The molecular weight excluding hydrogens is 330 g/mol. The van der Waals surface area contributed by atoms with Gasteiger partial charge in [0.2, 0.25) is 5.91 Å². The van der Waals surface area contributed by atoms with Crippen molar-refractivity contribution in [2.75, 3.05) is 17.2 Å². The Bertz CT molecular complexity index is 707. The Morgan fingerprint density at radius 3 is 2.76 bits per heavy atom. The van der Waals surface area contributed by atoms with Crippen molar-refractivity contribution < 1.29 is 4.79 Å². The van der Waals surface area contributed by atoms with Crippen LogP contribution in [0.5, 0.6) is 0 Å². The SMILES string of the molecule is Cc1ccc(NCC(=O)Nc2cccc(C#N)c2)cc1Br. The van der Waals surface area contributed by atoms with Gasteiger partial charge in [-0.25, -0.2) is 0 Å². The van der Waals surface area contributed by atoms with Gasteiger partial charge in [-0.3, -0.25) is 4.79 Å². The summed E-state index contributed by atoms with van der Waals surface area (Å²) in [5, 5.41) is 14.6. The lowest BCUT2D eigenvalue weighted by molar-refractivity contribution is -0.114. The molecule has 0 unspecified atom stereocenters. The molecule has 21 heavy (non-hydrogen) atoms. The van der Waals surface area contributed by atoms with Gasteiger partial charge in [-0.1, -0.05) is 28.1 Å². The topological polar surface area (TPSA) is 64.9 Å². The number of halogens is 1. The number of nitrogens with one attached hydrogen (secondary N) is 2. The first kappa shape index (κ1) is 15.1. The second kappa shape index (κ2) is 6.91. The van der Waals surface area contributed by atoms with Crippen molar-refractivity contribution in [2.24, 2.45) is 0 Å². The summed E-state index contributed by atoms with van der Waals surface area (Å²) in [7, 11) is 0. The van der Waals surface area contributed by atoms with E-state index in [1.54, 1.807) is 24.3 Å². The summed E-state index contributed by atoms with van der Waals surface area (Å²) in [6.45, 7) is 2.16. The Morgan fingerprint density at radius 2 is 2.05 bits per heavy atom. The molecule has 0 aromatic heterocycles. The van der Waals surface area contributed by atoms with Crippen LogP contribution in [0.2, 0.25) is 0 Å². The molecule has 0 heterocycles. The summed E-state index contributed by atoms with van der Waals surface area (Å²) >= 11 is 3.45. The first-order valence-corrected chi connectivity index (χ1v) is 7.18. The molecule has 2 aromatic rings. The Kier molecular flexibility index (Phi) is 4.96. The van der Waals surface area contributed by atoms with E-state index in [1.165, 1.54) is 0 Å². The molecule has 0 saturated carbocycles. The monoisotopic (exact) mass is 343 g/mol. The molecule has 0 bridgehead atoms. The summed E-state index contributed by atoms with van der Waals surface area (Å²) in [5.74, 6) is -0.165. The molecule has 0 spiro atoms. The number of anilines is 2. The minimum absolute atomic E-state index is 0.159. The highest BCUT2D eigenvalue weighted by Crippen LogP contribution is 2.20. The molecule has 2 rings (SSSR count). The van der Waals surface area contributed by atoms with Crippen LogP contribution in [0.1, 0.15) is 11.1 Å². The molecule has 5 heteroatoms. The zero-order chi connectivity index (χ0) is 15.2. The summed E-state index contributed by atoms with van der Waals surface area (Å²) < 4.78 is 0.995. The number of amides is 1. The highest BCUT2D eigenvalue weighted by atomic mass is 79.9. The van der Waals surface area contributed by atoms with Crippen LogP contribution in [0.25, 0.3) is 0 Å². The van der Waals surface area contributed by atoms with E-state index in [0.717, 1.165) is 15.7 Å². The maximum absolute atomic E-state index is 11.9. The van der Waals surface area contributed by atoms with Crippen molar-refractivity contribution in [1.82, 2.24) is 0 Å². The zero-order valence-electron chi connectivity index (χ0n) is 11.5. The van der Waals surface area contributed by atoms with Crippen LogP contribution in [-0.2, 0) is 4.79 Å². The molecule has 4 nitrogen and oxygen atoms in total. The fraction of sp³-hybridized carbons (Fsp3) is 0.125. The Hall–Kier alpha value is -2.32. The smallest absolute Gasteiger partial charge is 0.243 e. The van der Waals surface area contributed by atoms with Gasteiger partial charge in [-0.15, -0.1) is 0 Å². The quantitative estimate of drug-likeness (QED) is 0.889. The largest absolute Gasteiger partial charge is 0.376 e. The van der Waals surface area contributed by atoms with Gasteiger partial charge >= 0.3 is 0 Å². The van der Waals surface area contributed by atoms with Gasteiger partial charge in [0, 0.05) is 15.8 Å². The van der Waals surface area contributed by atoms with Crippen LogP contribution >= 0.6 is 15.9 Å². The second-order valence-electron chi connectivity index (χ2n) is 4.56. The normalized spacial score (nSPS) is 9.76. The molecule has 0 aliphatic carbocycles. The molecule has 2 N–H and O–H groups in total. The van der Waals surface area contributed by atoms with E-state index < -0.39 is 0 Å². The fourth-order valence-electron chi connectivity index (χ4n) is 1.76. The number of carbonyl (C=O) groups is 1. The van der Waals surface area contributed by atoms with Crippen molar-refractivity contribution in [3.05, 3.63) is 58.1 Å². The van der Waals surface area contributed by atoms with Crippen LogP contribution in [0, 0.1) is 18.3 Å². The summed E-state index contributed by atoms with van der Waals surface area (Å²) in [6.07, 6.45) is 0. The van der Waals surface area contributed by atoms with E-state index in [2.05, 4.69) is 26.6 Å².